The van der Waals surface area contributed by atoms with Gasteiger partial charge in [0.15, 0.2) is 0 Å². The predicted molar refractivity (Wildman–Crippen MR) is 51.5 cm³/mol. The molecule has 0 aromatic rings. The van der Waals surface area contributed by atoms with Gasteiger partial charge in [0.25, 0.3) is 0 Å². The Balaban J connectivity index is 2.45. The first-order valence-electron chi connectivity index (χ1n) is 4.36. The lowest BCUT2D eigenvalue weighted by Crippen LogP contribution is -2.35. The fourth-order valence-electron chi connectivity index (χ4n) is 1.41. The van der Waals surface area contributed by atoms with Crippen molar-refractivity contribution >= 4 is 6.09 Å². The van der Waals surface area contributed by atoms with E-state index in [4.69, 9.17) is 4.74 Å². The number of amides is 1. The summed E-state index contributed by atoms with van der Waals surface area (Å²) in [6.45, 7) is 8.43. The third-order valence-electron chi connectivity index (χ3n) is 2.00. The number of rotatable bonds is 2. The highest BCUT2D eigenvalue weighted by molar-refractivity contribution is 5.69. The lowest BCUT2D eigenvalue weighted by Gasteiger charge is -2.20. The van der Waals surface area contributed by atoms with E-state index in [0.29, 0.717) is 6.54 Å². The van der Waals surface area contributed by atoms with Gasteiger partial charge in [-0.25, -0.2) is 4.79 Å². The van der Waals surface area contributed by atoms with E-state index in [1.165, 1.54) is 5.57 Å². The summed E-state index contributed by atoms with van der Waals surface area (Å²) in [6.07, 6.45) is 3.37. The largest absolute Gasteiger partial charge is 0.445 e. The fourth-order valence-corrected chi connectivity index (χ4v) is 1.41. The van der Waals surface area contributed by atoms with Crippen molar-refractivity contribution in [1.82, 2.24) is 4.90 Å². The molecule has 0 radical (unpaired) electrons. The summed E-state index contributed by atoms with van der Waals surface area (Å²) in [5.74, 6) is 0. The first kappa shape index (κ1) is 9.84. The van der Waals surface area contributed by atoms with Gasteiger partial charge in [-0.15, -0.1) is 0 Å². The molecule has 1 aliphatic heterocycles. The average molecular weight is 181 g/mol. The van der Waals surface area contributed by atoms with Crippen LogP contribution in [0, 0.1) is 0 Å². The Bertz CT molecular complexity index is 245. The van der Waals surface area contributed by atoms with Crippen LogP contribution >= 0.6 is 0 Å². The van der Waals surface area contributed by atoms with Crippen LogP contribution in [0.1, 0.15) is 13.8 Å². The van der Waals surface area contributed by atoms with E-state index in [1.54, 1.807) is 11.0 Å². The van der Waals surface area contributed by atoms with Crippen LogP contribution in [-0.4, -0.2) is 30.2 Å². The monoisotopic (exact) mass is 181 g/mol. The van der Waals surface area contributed by atoms with E-state index in [9.17, 15) is 4.79 Å². The fraction of sp³-hybridized carbons (Fsp3) is 0.500. The number of nitrogens with zero attached hydrogens (tertiary/aromatic N) is 1. The van der Waals surface area contributed by atoms with Crippen molar-refractivity contribution in [2.24, 2.45) is 0 Å². The quantitative estimate of drug-likeness (QED) is 0.609. The van der Waals surface area contributed by atoms with Gasteiger partial charge in [-0.1, -0.05) is 24.3 Å². The van der Waals surface area contributed by atoms with E-state index in [2.05, 4.69) is 12.7 Å². The van der Waals surface area contributed by atoms with E-state index in [1.807, 2.05) is 13.8 Å². The van der Waals surface area contributed by atoms with Gasteiger partial charge >= 0.3 is 6.09 Å². The lowest BCUT2D eigenvalue weighted by atomic mass is 10.3. The molecule has 0 N–H and O–H groups in total. The molecule has 72 valence electrons. The molecule has 1 atom stereocenters. The second kappa shape index (κ2) is 4.12. The molecule has 1 amide bonds. The van der Waals surface area contributed by atoms with Gasteiger partial charge in [0, 0.05) is 6.54 Å². The zero-order valence-electron chi connectivity index (χ0n) is 8.12. The third kappa shape index (κ3) is 2.34. The third-order valence-corrected chi connectivity index (χ3v) is 2.00. The summed E-state index contributed by atoms with van der Waals surface area (Å²) in [5, 5.41) is 0. The van der Waals surface area contributed by atoms with Gasteiger partial charge in [0.1, 0.15) is 6.61 Å². The molecule has 1 heterocycles. The topological polar surface area (TPSA) is 29.5 Å². The molecule has 0 unspecified atom stereocenters. The Hall–Kier alpha value is -1.25. The van der Waals surface area contributed by atoms with Gasteiger partial charge in [-0.05, 0) is 13.8 Å². The normalized spacial score (nSPS) is 21.2. The molecule has 1 rings (SSSR count). The Morgan fingerprint density at radius 2 is 2.62 bits per heavy atom. The second-order valence-corrected chi connectivity index (χ2v) is 3.25. The molecular weight excluding hydrogens is 166 g/mol. The predicted octanol–water partition coefficient (Wildman–Crippen LogP) is 1.96. The van der Waals surface area contributed by atoms with E-state index < -0.39 is 0 Å². The molecular formula is C10H15NO2. The molecule has 0 aliphatic carbocycles. The summed E-state index contributed by atoms with van der Waals surface area (Å²) < 4.78 is 4.93. The molecule has 1 aliphatic rings. The zero-order chi connectivity index (χ0) is 9.84. The number of hydrogen-bond acceptors (Lipinski definition) is 2. The van der Waals surface area contributed by atoms with Crippen LogP contribution in [0.15, 0.2) is 24.3 Å². The van der Waals surface area contributed by atoms with Crippen LogP contribution in [0.25, 0.3) is 0 Å². The van der Waals surface area contributed by atoms with Crippen molar-refractivity contribution in [2.75, 3.05) is 13.2 Å². The Kier molecular flexibility index (Phi) is 3.12. The maximum atomic E-state index is 11.4. The highest BCUT2D eigenvalue weighted by Gasteiger charge is 2.24. The molecule has 0 saturated heterocycles. The maximum absolute atomic E-state index is 11.4. The second-order valence-electron chi connectivity index (χ2n) is 3.25. The van der Waals surface area contributed by atoms with Crippen LogP contribution in [0.2, 0.25) is 0 Å². The van der Waals surface area contributed by atoms with E-state index >= 15 is 0 Å². The molecule has 3 heteroatoms. The van der Waals surface area contributed by atoms with Gasteiger partial charge < -0.3 is 4.74 Å². The Morgan fingerprint density at radius 1 is 1.92 bits per heavy atom. The zero-order valence-corrected chi connectivity index (χ0v) is 8.12. The Labute approximate surface area is 78.7 Å². The summed E-state index contributed by atoms with van der Waals surface area (Å²) in [7, 11) is 0. The van der Waals surface area contributed by atoms with Crippen LogP contribution < -0.4 is 0 Å². The van der Waals surface area contributed by atoms with Crippen LogP contribution in [0.3, 0.4) is 0 Å². The highest BCUT2D eigenvalue weighted by atomic mass is 16.6. The summed E-state index contributed by atoms with van der Waals surface area (Å²) >= 11 is 0. The van der Waals surface area contributed by atoms with E-state index in [-0.39, 0.29) is 18.7 Å². The molecule has 0 spiro atoms. The summed E-state index contributed by atoms with van der Waals surface area (Å²) in [5.41, 5.74) is 1.21. The summed E-state index contributed by atoms with van der Waals surface area (Å²) in [6, 6.07) is 0.150. The summed E-state index contributed by atoms with van der Waals surface area (Å²) in [4.78, 5) is 13.1. The van der Waals surface area contributed by atoms with E-state index in [0.717, 1.165) is 0 Å². The molecule has 0 bridgehead atoms. The number of hydrogen-bond donors (Lipinski definition) is 0. The molecule has 0 aromatic heterocycles. The van der Waals surface area contributed by atoms with Crippen molar-refractivity contribution in [3.8, 4) is 0 Å². The highest BCUT2D eigenvalue weighted by Crippen LogP contribution is 2.16. The average Bonchev–Trinajstić information content (AvgIpc) is 2.41. The number of carbonyl (C=O) groups excluding carboxylic acids is 1. The molecule has 0 saturated carbocycles. The standard InChI is InChI=1S/C10H15NO2/c1-4-5-13-10(12)11-7-8(2)6-9(11)3/h4,6,9H,1,5,7H2,2-3H3/t9-/m0/s1. The molecule has 3 nitrogen and oxygen atoms in total. The minimum atomic E-state index is -0.263. The smallest absolute Gasteiger partial charge is 0.410 e. The van der Waals surface area contributed by atoms with Crippen molar-refractivity contribution in [1.29, 1.82) is 0 Å². The van der Waals surface area contributed by atoms with Crippen molar-refractivity contribution in [3.05, 3.63) is 24.3 Å². The van der Waals surface area contributed by atoms with Crippen LogP contribution in [-0.2, 0) is 4.74 Å². The molecule has 13 heavy (non-hydrogen) atoms. The van der Waals surface area contributed by atoms with Crippen molar-refractivity contribution in [3.63, 3.8) is 0 Å². The number of ether oxygens (including phenoxy) is 1. The van der Waals surface area contributed by atoms with Crippen molar-refractivity contribution < 1.29 is 9.53 Å². The maximum Gasteiger partial charge on any atom is 0.410 e. The minimum Gasteiger partial charge on any atom is -0.445 e. The molecule has 0 fully saturated rings. The SMILES string of the molecule is C=CCOC(=O)N1CC(C)=C[C@@H]1C. The van der Waals surface area contributed by atoms with Crippen molar-refractivity contribution in [2.45, 2.75) is 19.9 Å². The van der Waals surface area contributed by atoms with Crippen LogP contribution in [0.4, 0.5) is 4.79 Å². The van der Waals surface area contributed by atoms with Gasteiger partial charge in [-0.2, -0.15) is 0 Å². The number of carbonyl (C=O) groups is 1. The minimum absolute atomic E-state index is 0.150. The van der Waals surface area contributed by atoms with Gasteiger partial charge in [0.05, 0.1) is 6.04 Å². The first-order chi connectivity index (χ1) is 6.15. The van der Waals surface area contributed by atoms with Gasteiger partial charge in [-0.3, -0.25) is 4.90 Å². The van der Waals surface area contributed by atoms with Crippen LogP contribution in [0.5, 0.6) is 0 Å². The Morgan fingerprint density at radius 3 is 3.08 bits per heavy atom. The first-order valence-corrected chi connectivity index (χ1v) is 4.36. The molecule has 0 aromatic carbocycles. The lowest BCUT2D eigenvalue weighted by molar-refractivity contribution is 0.113. The van der Waals surface area contributed by atoms with Gasteiger partial charge in [0.2, 0.25) is 0 Å².